The van der Waals surface area contributed by atoms with Crippen molar-refractivity contribution in [3.05, 3.63) is 0 Å². The van der Waals surface area contributed by atoms with Gasteiger partial charge in [0.25, 0.3) is 0 Å². The van der Waals surface area contributed by atoms with Crippen LogP contribution in [0.15, 0.2) is 0 Å². The van der Waals surface area contributed by atoms with Crippen molar-refractivity contribution in [2.24, 2.45) is 0 Å². The number of amides is 2. The number of hydrogen-bond acceptors (Lipinski definition) is 4. The molecule has 2 aliphatic rings. The summed E-state index contributed by atoms with van der Waals surface area (Å²) < 4.78 is 0.149. The van der Waals surface area contributed by atoms with Crippen LogP contribution >= 0.6 is 11.8 Å². The minimum absolute atomic E-state index is 0.149. The first-order chi connectivity index (χ1) is 9.67. The van der Waals surface area contributed by atoms with Crippen molar-refractivity contribution in [1.29, 1.82) is 0 Å². The van der Waals surface area contributed by atoms with Crippen LogP contribution in [-0.2, 0) is 9.59 Å². The zero-order valence-corrected chi connectivity index (χ0v) is 13.1. The van der Waals surface area contributed by atoms with Gasteiger partial charge >= 0.3 is 11.8 Å². The maximum Gasteiger partial charge on any atom is 0.311 e. The highest BCUT2D eigenvalue weighted by atomic mass is 32.2. The van der Waals surface area contributed by atoms with Gasteiger partial charge in [-0.15, -0.1) is 0 Å². The molecule has 0 aromatic rings. The highest BCUT2D eigenvalue weighted by molar-refractivity contribution is 8.00. The van der Waals surface area contributed by atoms with Gasteiger partial charge in [-0.25, -0.2) is 0 Å². The van der Waals surface area contributed by atoms with E-state index in [0.29, 0.717) is 19.6 Å². The van der Waals surface area contributed by atoms with Gasteiger partial charge in [-0.05, 0) is 32.1 Å². The summed E-state index contributed by atoms with van der Waals surface area (Å²) in [5, 5.41) is 6.10. The maximum absolute atomic E-state index is 12.1. The number of carbonyl (C=O) groups excluding carboxylic acids is 2. The first-order valence-corrected chi connectivity index (χ1v) is 8.72. The molecule has 1 aliphatic carbocycles. The molecule has 5 nitrogen and oxygen atoms in total. The third-order valence-corrected chi connectivity index (χ3v) is 5.76. The number of hydrogen-bond donors (Lipinski definition) is 2. The zero-order valence-electron chi connectivity index (χ0n) is 12.2. The van der Waals surface area contributed by atoms with Crippen molar-refractivity contribution < 1.29 is 9.59 Å². The Bertz CT molecular complexity index is 348. The van der Waals surface area contributed by atoms with E-state index in [2.05, 4.69) is 16.9 Å². The van der Waals surface area contributed by atoms with Gasteiger partial charge in [-0.2, -0.15) is 11.8 Å². The van der Waals surface area contributed by atoms with Crippen LogP contribution in [0.4, 0.5) is 0 Å². The molecule has 0 aromatic carbocycles. The second kappa shape index (κ2) is 7.31. The van der Waals surface area contributed by atoms with Crippen molar-refractivity contribution in [2.45, 2.75) is 36.9 Å². The van der Waals surface area contributed by atoms with Crippen LogP contribution in [0.1, 0.15) is 32.1 Å². The third kappa shape index (κ3) is 3.88. The molecule has 0 bridgehead atoms. The average Bonchev–Trinajstić information content (AvgIpc) is 2.78. The van der Waals surface area contributed by atoms with Crippen LogP contribution in [0.2, 0.25) is 0 Å². The van der Waals surface area contributed by atoms with Gasteiger partial charge in [0.15, 0.2) is 0 Å². The van der Waals surface area contributed by atoms with E-state index in [1.807, 2.05) is 11.8 Å². The summed E-state index contributed by atoms with van der Waals surface area (Å²) in [7, 11) is 0. The Morgan fingerprint density at radius 3 is 2.65 bits per heavy atom. The molecule has 1 saturated carbocycles. The van der Waals surface area contributed by atoms with Gasteiger partial charge in [0, 0.05) is 30.9 Å². The normalized spacial score (nSPS) is 22.4. The van der Waals surface area contributed by atoms with Crippen molar-refractivity contribution in [3.63, 3.8) is 0 Å². The average molecular weight is 299 g/mol. The Kier molecular flexibility index (Phi) is 5.72. The maximum atomic E-state index is 12.1. The van der Waals surface area contributed by atoms with E-state index in [1.54, 1.807) is 4.90 Å². The Hall–Kier alpha value is -0.750. The lowest BCUT2D eigenvalue weighted by Gasteiger charge is -2.27. The lowest BCUT2D eigenvalue weighted by Crippen LogP contribution is -2.47. The molecule has 1 saturated heterocycles. The molecule has 114 valence electrons. The van der Waals surface area contributed by atoms with Crippen LogP contribution in [0, 0.1) is 0 Å². The van der Waals surface area contributed by atoms with Gasteiger partial charge in [-0.1, -0.05) is 12.8 Å². The second-order valence-electron chi connectivity index (χ2n) is 5.67. The Morgan fingerprint density at radius 2 is 1.95 bits per heavy atom. The molecule has 1 heterocycles. The standard InChI is InChI=1S/C14H25N3O2S/c1-20-14(5-2-3-6-14)11-16-12(18)13(19)17-9-4-7-15-8-10-17/h15H,2-11H2,1H3,(H,16,18). The van der Waals surface area contributed by atoms with Crippen molar-refractivity contribution in [2.75, 3.05) is 39.0 Å². The third-order valence-electron chi connectivity index (χ3n) is 4.34. The minimum Gasteiger partial charge on any atom is -0.346 e. The van der Waals surface area contributed by atoms with E-state index >= 15 is 0 Å². The zero-order chi connectivity index (χ0) is 14.4. The minimum atomic E-state index is -0.438. The van der Waals surface area contributed by atoms with Gasteiger partial charge in [-0.3, -0.25) is 9.59 Å². The number of rotatable bonds is 3. The van der Waals surface area contributed by atoms with Gasteiger partial charge in [0.2, 0.25) is 0 Å². The van der Waals surface area contributed by atoms with Crippen LogP contribution in [0.5, 0.6) is 0 Å². The van der Waals surface area contributed by atoms with Crippen LogP contribution in [0.25, 0.3) is 0 Å². The van der Waals surface area contributed by atoms with E-state index in [0.717, 1.165) is 32.4 Å². The lowest BCUT2D eigenvalue weighted by molar-refractivity contribution is -0.145. The highest BCUT2D eigenvalue weighted by Gasteiger charge is 2.34. The molecule has 0 unspecified atom stereocenters. The summed E-state index contributed by atoms with van der Waals surface area (Å²) in [6.45, 7) is 3.60. The summed E-state index contributed by atoms with van der Waals surface area (Å²) in [5.41, 5.74) is 0. The van der Waals surface area contributed by atoms with Crippen LogP contribution in [-0.4, -0.2) is 60.4 Å². The summed E-state index contributed by atoms with van der Waals surface area (Å²) in [6.07, 6.45) is 7.73. The molecule has 2 fully saturated rings. The van der Waals surface area contributed by atoms with Crippen molar-refractivity contribution in [3.8, 4) is 0 Å². The molecule has 1 aliphatic heterocycles. The second-order valence-corrected chi connectivity index (χ2v) is 6.95. The van der Waals surface area contributed by atoms with E-state index in [9.17, 15) is 9.59 Å². The largest absolute Gasteiger partial charge is 0.346 e. The van der Waals surface area contributed by atoms with Crippen molar-refractivity contribution >= 4 is 23.6 Å². The molecule has 20 heavy (non-hydrogen) atoms. The number of thioether (sulfide) groups is 1. The Morgan fingerprint density at radius 1 is 1.20 bits per heavy atom. The molecule has 6 heteroatoms. The molecule has 0 atom stereocenters. The number of carbonyl (C=O) groups is 2. The molecule has 0 aromatic heterocycles. The fraction of sp³-hybridized carbons (Fsp3) is 0.857. The van der Waals surface area contributed by atoms with Crippen molar-refractivity contribution in [1.82, 2.24) is 15.5 Å². The number of nitrogens with one attached hydrogen (secondary N) is 2. The summed E-state index contributed by atoms with van der Waals surface area (Å²) in [4.78, 5) is 25.8. The Labute approximate surface area is 125 Å². The molecule has 0 spiro atoms. The monoisotopic (exact) mass is 299 g/mol. The van der Waals surface area contributed by atoms with Gasteiger partial charge in [0.1, 0.15) is 0 Å². The summed E-state index contributed by atoms with van der Waals surface area (Å²) >= 11 is 1.82. The lowest BCUT2D eigenvalue weighted by atomic mass is 10.1. The van der Waals surface area contributed by atoms with E-state index in [4.69, 9.17) is 0 Å². The topological polar surface area (TPSA) is 61.4 Å². The van der Waals surface area contributed by atoms with Crippen LogP contribution < -0.4 is 10.6 Å². The molecular weight excluding hydrogens is 274 g/mol. The fourth-order valence-corrected chi connectivity index (χ4v) is 3.90. The molecule has 0 radical (unpaired) electrons. The molecular formula is C14H25N3O2S. The Balaban J connectivity index is 1.82. The fourth-order valence-electron chi connectivity index (χ4n) is 2.98. The number of nitrogens with zero attached hydrogens (tertiary/aromatic N) is 1. The molecule has 2 amide bonds. The van der Waals surface area contributed by atoms with E-state index < -0.39 is 5.91 Å². The van der Waals surface area contributed by atoms with Gasteiger partial charge < -0.3 is 15.5 Å². The first kappa shape index (κ1) is 15.6. The first-order valence-electron chi connectivity index (χ1n) is 7.50. The van der Waals surface area contributed by atoms with E-state index in [1.165, 1.54) is 12.8 Å². The quantitative estimate of drug-likeness (QED) is 0.749. The summed E-state index contributed by atoms with van der Waals surface area (Å²) in [6, 6.07) is 0. The molecule has 2 N–H and O–H groups in total. The molecule has 2 rings (SSSR count). The smallest absolute Gasteiger partial charge is 0.311 e. The van der Waals surface area contributed by atoms with Crippen LogP contribution in [0.3, 0.4) is 0 Å². The van der Waals surface area contributed by atoms with Gasteiger partial charge in [0.05, 0.1) is 0 Å². The highest BCUT2D eigenvalue weighted by Crippen LogP contribution is 2.39. The predicted molar refractivity (Wildman–Crippen MR) is 81.8 cm³/mol. The SMILES string of the molecule is CSC1(CNC(=O)C(=O)N2CCCNCC2)CCCC1. The summed E-state index contributed by atoms with van der Waals surface area (Å²) in [5.74, 6) is -0.810. The predicted octanol–water partition coefficient (Wildman–Crippen LogP) is 0.600. The van der Waals surface area contributed by atoms with E-state index in [-0.39, 0.29) is 10.7 Å².